The molecule has 1 amide bonds. The van der Waals surface area contributed by atoms with Gasteiger partial charge in [-0.25, -0.2) is 4.79 Å². The van der Waals surface area contributed by atoms with E-state index >= 15 is 0 Å². The average molecular weight is 1570 g/mol. The number of pyridine rings is 2. The molecular weight excluding hydrogens is 1480 g/mol. The fraction of sp³-hybridized carbons (Fsp3) is 0.429. The summed E-state index contributed by atoms with van der Waals surface area (Å²) in [4.78, 5) is 95.8. The minimum Gasteiger partial charge on any atom is -0.480 e. The number of carboxylic acid groups (broad SMARTS) is 6. The van der Waals surface area contributed by atoms with Gasteiger partial charge in [-0.3, -0.25) is 43.5 Å². The number of Topliss-reactive ketones (excluding diaryl/α,β-unsaturated/α-hetero) is 1. The lowest BCUT2D eigenvalue weighted by Crippen LogP contribution is -2.45. The van der Waals surface area contributed by atoms with E-state index in [9.17, 15) is 38.4 Å². The van der Waals surface area contributed by atoms with E-state index in [0.717, 1.165) is 26.7 Å². The highest BCUT2D eigenvalue weighted by Crippen LogP contribution is 2.28. The number of aliphatic carboxylic acids is 6. The van der Waals surface area contributed by atoms with Crippen molar-refractivity contribution in [2.45, 2.75) is 135 Å². The van der Waals surface area contributed by atoms with Gasteiger partial charge in [0.15, 0.2) is 23.3 Å². The fourth-order valence-electron chi connectivity index (χ4n) is 8.49. The number of hydrogen-bond acceptors (Lipinski definition) is 40. The number of aromatic nitrogens is 18. The van der Waals surface area contributed by atoms with Gasteiger partial charge in [0.05, 0.1) is 21.9 Å². The number of aryl methyl sites for hydroxylation is 4. The number of rotatable bonds is 32. The second-order valence-electron chi connectivity index (χ2n) is 24.0. The lowest BCUT2D eigenvalue weighted by molar-refractivity contribution is -0.140. The van der Waals surface area contributed by atoms with E-state index < -0.39 is 78.2 Å². The van der Waals surface area contributed by atoms with E-state index in [4.69, 9.17) is 69.8 Å². The van der Waals surface area contributed by atoms with Crippen LogP contribution in [0.2, 0.25) is 0 Å². The molecule has 1 saturated heterocycles. The maximum absolute atomic E-state index is 11.2. The Labute approximate surface area is 634 Å². The average Bonchev–Trinajstić information content (AvgIpc) is 1.77. The Morgan fingerprint density at radius 3 is 1.54 bits per heavy atom. The molecule has 47 heteroatoms. The molecule has 110 heavy (non-hydrogen) atoms. The van der Waals surface area contributed by atoms with E-state index in [2.05, 4.69) is 118 Å². The van der Waals surface area contributed by atoms with Crippen molar-refractivity contribution in [3.05, 3.63) is 123 Å². The molecule has 10 rings (SSSR count). The van der Waals surface area contributed by atoms with Gasteiger partial charge in [0.25, 0.3) is 23.8 Å². The van der Waals surface area contributed by atoms with Crippen molar-refractivity contribution in [3.8, 4) is 0 Å². The third kappa shape index (κ3) is 35.1. The van der Waals surface area contributed by atoms with Crippen LogP contribution in [0.3, 0.4) is 0 Å². The lowest BCUT2D eigenvalue weighted by atomic mass is 10.1. The summed E-state index contributed by atoms with van der Waals surface area (Å²) in [6, 6.07) is 3.50. The number of ketones is 1. The monoisotopic (exact) mass is 1570 g/mol. The number of ether oxygens (including phenoxy) is 1. The molecule has 23 N–H and O–H groups in total. The number of hydrogen-bond donors (Lipinski definition) is 17. The molecule has 45 nitrogen and oxygen atoms in total. The van der Waals surface area contributed by atoms with E-state index in [-0.39, 0.29) is 43.4 Å². The van der Waals surface area contributed by atoms with Gasteiger partial charge in [-0.05, 0) is 124 Å². The maximum atomic E-state index is 11.2. The Kier molecular flexibility index (Phi) is 37.2. The zero-order valence-corrected chi connectivity index (χ0v) is 61.8. The molecule has 9 heterocycles. The molecule has 0 bridgehead atoms. The smallest absolute Gasteiger partial charge is 0.407 e. The van der Waals surface area contributed by atoms with Crippen molar-refractivity contribution in [1.29, 1.82) is 0 Å². The van der Waals surface area contributed by atoms with Crippen LogP contribution in [0.4, 0.5) is 44.3 Å². The van der Waals surface area contributed by atoms with Crippen LogP contribution in [0.5, 0.6) is 0 Å². The van der Waals surface area contributed by atoms with E-state index in [0.29, 0.717) is 129 Å². The fourth-order valence-corrected chi connectivity index (χ4v) is 10.1. The molecule has 7 atom stereocenters. The number of carbonyl (C=O) groups excluding carboxylic acids is 2. The summed E-state index contributed by atoms with van der Waals surface area (Å²) in [6.07, 6.45) is 10.1. The number of nitrogens with two attached hydrogens (primary N) is 6. The van der Waals surface area contributed by atoms with Gasteiger partial charge in [0.2, 0.25) is 0 Å². The summed E-state index contributed by atoms with van der Waals surface area (Å²) in [6.45, 7) is 11.7. The van der Waals surface area contributed by atoms with Crippen molar-refractivity contribution in [2.75, 3.05) is 54.1 Å². The van der Waals surface area contributed by atoms with Crippen LogP contribution in [0, 0.1) is 33.6 Å². The number of amides is 1. The van der Waals surface area contributed by atoms with Crippen LogP contribution in [-0.4, -0.2) is 244 Å². The zero-order chi connectivity index (χ0) is 80.8. The lowest BCUT2D eigenvalue weighted by Gasteiger charge is -2.26. The molecule has 0 radical (unpaired) electrons. The van der Waals surface area contributed by atoms with Crippen LogP contribution >= 0.6 is 22.7 Å². The number of nitrogens with one attached hydrogen (secondary N) is 5. The van der Waals surface area contributed by atoms with Gasteiger partial charge in [-0.15, -0.1) is 104 Å². The summed E-state index contributed by atoms with van der Waals surface area (Å²) in [5, 5.41) is 132. The first-order chi connectivity index (χ1) is 52.3. The predicted octanol–water partition coefficient (Wildman–Crippen LogP) is -0.192. The first-order valence-corrected chi connectivity index (χ1v) is 35.0. The van der Waals surface area contributed by atoms with Crippen molar-refractivity contribution >= 4 is 110 Å². The van der Waals surface area contributed by atoms with Crippen LogP contribution in [-0.2, 0) is 70.5 Å². The Hall–Kier alpha value is -12.1. The quantitative estimate of drug-likeness (QED) is 0.0192. The van der Waals surface area contributed by atoms with Crippen LogP contribution < -0.4 is 61.0 Å². The van der Waals surface area contributed by atoms with Crippen molar-refractivity contribution in [2.24, 2.45) is 40.3 Å². The number of alkyl carbamates (subject to hydrolysis) is 1. The number of unbranched alkanes of at least 4 members (excludes halogenated alkanes) is 1. The number of carbonyl (C=O) groups is 8. The van der Waals surface area contributed by atoms with Gasteiger partial charge in [-0.1, -0.05) is 17.7 Å². The van der Waals surface area contributed by atoms with Gasteiger partial charge in [0.1, 0.15) is 48.6 Å². The van der Waals surface area contributed by atoms with Crippen LogP contribution in [0.25, 0.3) is 0 Å². The molecule has 1 aliphatic heterocycles. The molecule has 1 aliphatic carbocycles. The van der Waals surface area contributed by atoms with Gasteiger partial charge < -0.3 is 101 Å². The molecular formula is C63H86N30O15S2. The van der Waals surface area contributed by atoms with E-state index in [1.54, 1.807) is 64.5 Å². The Balaban J connectivity index is 0.000000237. The number of carboxylic acids is 6. The SMILES string of the molecule is CC1=CC1COC(=O)NCCCC[C@H](N)C(=O)O.Cc1nnc(NCc2ccc(C[C@H](N)C(=O)O)nc2)nn1.Cc1nnc(Nc2cc(C[C@H](N)C(=O)O)cs2)nn1.Cc1nnc(Nc2cncc(C[C@H](N)C(=O)O)c2)nn1.Cc1nnc(Nc2sccc2C[C@H](N)C(=O)O)nn1.N[C@@H](CN1CCC(=O)CC1)C(=O)O. The van der Waals surface area contributed by atoms with E-state index in [1.807, 2.05) is 40.8 Å². The topological polar surface area (TPSA) is 719 Å². The molecule has 0 aromatic carbocycles. The predicted molar refractivity (Wildman–Crippen MR) is 393 cm³/mol. The summed E-state index contributed by atoms with van der Waals surface area (Å²) < 4.78 is 4.98. The van der Waals surface area contributed by atoms with Gasteiger partial charge >= 0.3 is 41.9 Å². The summed E-state index contributed by atoms with van der Waals surface area (Å²) in [5.41, 5.74) is 38.3. The minimum absolute atomic E-state index is 0.184. The molecule has 8 aromatic heterocycles. The standard InChI is InChI=1S/C12H15N7O2.C12H20N2O4.C11H13N7O2.2C10H12N6O2S.C8H14N2O3/c1-7-16-18-12(19-17-7)15-6-8-2-3-9(14-5-8)4-10(13)11(20)21;1-8-6-9(8)7-18-12(17)14-5-3-2-4-10(13)11(15)16;1-6-15-17-11(18-16-6)14-8-2-7(4-13-5-8)3-9(12)10(19)20;1-5-13-15-10(16-14-5)12-8-3-6(4-19-8)2-7(11)9(17)18;1-5-13-15-10(16-14-5)12-8-6(2-3-19-8)4-7(11)9(17)18;9-7(8(12)13)5-10-3-1-6(11)2-4-10/h2-3,5,10H,4,6,13H2,1H3,(H,20,21)(H,15,18,19);6,9-10H,2-5,7,13H2,1H3,(H,14,17)(H,15,16);2,4-5,9H,3,12H2,1H3,(H,19,20)(H,14,17,18);3-4,7H,2,11H2,1H3,(H,17,18)(H,12,15,16);2-3,7H,4,11H2,1H3,(H,17,18)(H,12,15,16);7H,1-5,9H2,(H,12,13)/t10-;9?,10-;9-;3*7-/m000000/s1. The summed E-state index contributed by atoms with van der Waals surface area (Å²) in [7, 11) is 0. The number of likely N-dealkylation sites (tertiary alicyclic amines) is 1. The Morgan fingerprint density at radius 2 is 1.03 bits per heavy atom. The summed E-state index contributed by atoms with van der Waals surface area (Å²) >= 11 is 2.81. The highest BCUT2D eigenvalue weighted by atomic mass is 32.1. The first kappa shape index (κ1) is 88.5. The molecule has 8 aromatic rings. The van der Waals surface area contributed by atoms with Crippen molar-refractivity contribution in [3.63, 3.8) is 0 Å². The highest BCUT2D eigenvalue weighted by Gasteiger charge is 2.24. The third-order valence-corrected chi connectivity index (χ3v) is 16.4. The molecule has 1 unspecified atom stereocenters. The zero-order valence-electron chi connectivity index (χ0n) is 60.1. The van der Waals surface area contributed by atoms with Gasteiger partial charge in [-0.2, -0.15) is 0 Å². The van der Waals surface area contributed by atoms with Crippen molar-refractivity contribution < 1.29 is 73.7 Å². The first-order valence-electron chi connectivity index (χ1n) is 33.2. The second-order valence-corrected chi connectivity index (χ2v) is 25.8. The molecule has 1 fully saturated rings. The normalized spacial score (nSPS) is 14.2. The summed E-state index contributed by atoms with van der Waals surface area (Å²) in [5.74, 6) is -2.50. The highest BCUT2D eigenvalue weighted by molar-refractivity contribution is 7.14. The van der Waals surface area contributed by atoms with Crippen molar-refractivity contribution in [1.82, 2.24) is 102 Å². The maximum Gasteiger partial charge on any atom is 0.407 e. The molecule has 0 saturated carbocycles. The third-order valence-electron chi connectivity index (χ3n) is 14.7. The molecule has 2 aliphatic rings. The minimum atomic E-state index is -1.06. The molecule has 590 valence electrons. The number of piperidine rings is 1. The number of thiophene rings is 2. The second kappa shape index (κ2) is 46.2. The van der Waals surface area contributed by atoms with E-state index in [1.165, 1.54) is 28.2 Å². The van der Waals surface area contributed by atoms with Crippen LogP contribution in [0.15, 0.2) is 71.3 Å². The number of anilines is 7. The Morgan fingerprint density at radius 1 is 0.536 bits per heavy atom. The number of nitrogens with zero attached hydrogens (tertiary/aromatic N) is 19. The molecule has 0 spiro atoms. The van der Waals surface area contributed by atoms with Crippen LogP contribution in [0.1, 0.15) is 90.3 Å². The van der Waals surface area contributed by atoms with Gasteiger partial charge in [0, 0.05) is 82.4 Å². The largest absolute Gasteiger partial charge is 0.480 e. The Bertz CT molecular complexity index is 4260.